The van der Waals surface area contributed by atoms with Crippen molar-refractivity contribution in [1.29, 1.82) is 0 Å². The molecular weight excluding hydrogens is 667 g/mol. The number of aromatic hydroxyl groups is 1. The van der Waals surface area contributed by atoms with Crippen LogP contribution in [-0.4, -0.2) is 51.1 Å². The van der Waals surface area contributed by atoms with E-state index in [-0.39, 0.29) is 21.4 Å². The van der Waals surface area contributed by atoms with Gasteiger partial charge in [-0.05, 0) is 72.1 Å². The number of ether oxygens (including phenoxy) is 1. The second-order valence-electron chi connectivity index (χ2n) is 9.40. The van der Waals surface area contributed by atoms with Crippen LogP contribution < -0.4 is 33.4 Å². The molecule has 5 aromatic rings. The van der Waals surface area contributed by atoms with E-state index in [1.165, 1.54) is 18.2 Å². The minimum Gasteiger partial charge on any atom is -0.505 e. The van der Waals surface area contributed by atoms with Gasteiger partial charge in [0.15, 0.2) is 0 Å². The largest absolute Gasteiger partial charge is 0.505 e. The summed E-state index contributed by atoms with van der Waals surface area (Å²) in [6.07, 6.45) is 0. The number of nitrogens with two attached hydrogens (primary N) is 5. The minimum atomic E-state index is -4.73. The highest BCUT2D eigenvalue weighted by Gasteiger charge is 2.22. The summed E-state index contributed by atoms with van der Waals surface area (Å²) in [5.74, 6) is 0.151. The molecule has 5 aromatic carbocycles. The lowest BCUT2D eigenvalue weighted by Gasteiger charge is -2.11. The highest BCUT2D eigenvalue weighted by Crippen LogP contribution is 2.39. The molecule has 19 heteroatoms. The molecule has 0 saturated carbocycles. The van der Waals surface area contributed by atoms with E-state index < -0.39 is 51.6 Å². The van der Waals surface area contributed by atoms with Gasteiger partial charge >= 0.3 is 0 Å². The predicted octanol–water partition coefficient (Wildman–Crippen LogP) is 2.73. The number of fused-ring (bicyclic) bond motifs is 2. The van der Waals surface area contributed by atoms with E-state index in [0.29, 0.717) is 22.1 Å². The second kappa shape index (κ2) is 13.1. The van der Waals surface area contributed by atoms with Gasteiger partial charge in [-0.2, -0.15) is 25.3 Å². The van der Waals surface area contributed by atoms with Crippen LogP contribution in [0.5, 0.6) is 11.5 Å². The third kappa shape index (κ3) is 8.15. The van der Waals surface area contributed by atoms with Gasteiger partial charge in [0, 0.05) is 33.2 Å². The van der Waals surface area contributed by atoms with E-state index in [2.05, 4.69) is 0 Å². The first-order valence-corrected chi connectivity index (χ1v) is 16.7. The Morgan fingerprint density at radius 2 is 1.09 bits per heavy atom. The van der Waals surface area contributed by atoms with Crippen molar-refractivity contribution >= 4 is 80.3 Å². The molecule has 0 aliphatic rings. The maximum Gasteiger partial charge on any atom is 0.296 e. The molecule has 0 amide bonds. The molecule has 0 bridgehead atoms. The van der Waals surface area contributed by atoms with E-state index in [4.69, 9.17) is 47.1 Å². The summed E-state index contributed by atoms with van der Waals surface area (Å²) in [5.41, 5.74) is 28.4. The molecule has 46 heavy (non-hydrogen) atoms. The first-order chi connectivity index (χ1) is 21.1. The molecule has 0 heterocycles. The lowest BCUT2D eigenvalue weighted by atomic mass is 10.1. The molecule has 0 spiro atoms. The number of benzene rings is 5. The Morgan fingerprint density at radius 3 is 1.59 bits per heavy atom. The summed E-state index contributed by atoms with van der Waals surface area (Å²) in [5, 5.41) is 10.9. The third-order valence-corrected chi connectivity index (χ3v) is 8.92. The topological polar surface area (TPSA) is 323 Å². The fourth-order valence-electron chi connectivity index (χ4n) is 3.99. The van der Waals surface area contributed by atoms with Crippen LogP contribution in [0.1, 0.15) is 0 Å². The van der Waals surface area contributed by atoms with E-state index in [0.717, 1.165) is 29.6 Å². The summed E-state index contributed by atoms with van der Waals surface area (Å²) >= 11 is 0. The zero-order chi connectivity index (χ0) is 34.8. The number of nitrogen functional groups attached to an aromatic ring is 5. The van der Waals surface area contributed by atoms with E-state index in [9.17, 15) is 30.4 Å². The number of phenols is 1. The molecule has 14 N–H and O–H groups in total. The van der Waals surface area contributed by atoms with Crippen molar-refractivity contribution in [3.05, 3.63) is 72.8 Å². The fourth-order valence-corrected chi connectivity index (χ4v) is 5.78. The highest BCUT2D eigenvalue weighted by molar-refractivity contribution is 7.86. The fraction of sp³-hybridized carbons (Fsp3) is 0.0370. The van der Waals surface area contributed by atoms with Crippen LogP contribution in [-0.2, 0) is 30.4 Å². The lowest BCUT2D eigenvalue weighted by molar-refractivity contribution is 0.415. The zero-order valence-corrected chi connectivity index (χ0v) is 26.1. The number of rotatable bonds is 4. The minimum absolute atomic E-state index is 0.0372. The van der Waals surface area contributed by atoms with E-state index in [1.807, 2.05) is 12.1 Å². The zero-order valence-electron chi connectivity index (χ0n) is 23.7. The van der Waals surface area contributed by atoms with Crippen LogP contribution in [0.3, 0.4) is 0 Å². The van der Waals surface area contributed by atoms with Gasteiger partial charge < -0.3 is 38.5 Å². The molecule has 0 atom stereocenters. The van der Waals surface area contributed by atoms with Gasteiger partial charge in [-0.25, -0.2) is 0 Å². The molecule has 0 aliphatic heterocycles. The molecule has 0 unspecified atom stereocenters. The standard InChI is InChI=1S/C10H10N2O7S2.C10H10N2O3S.C7H9NO/c11-6-3-5-4(1-7(6)20(14,15)16)2-8(21(17,18)19)9(12)10(5)13;11-9-3-4-10(12)8-5-6(16(13,14)15)1-2-7(8)9;1-9-7-4-2-6(8)3-5-7/h1-3,13H,11-12H2,(H,14,15,16)(H,17,18,19);1-5H,11-12H2,(H,13,14,15);2-5H,8H2,1H3. The molecule has 0 saturated heterocycles. The Bertz CT molecular complexity index is 2270. The molecule has 246 valence electrons. The third-order valence-electron chi connectivity index (χ3n) is 6.27. The van der Waals surface area contributed by atoms with Gasteiger partial charge in [0.1, 0.15) is 21.3 Å². The van der Waals surface area contributed by atoms with Crippen LogP contribution in [0.25, 0.3) is 21.5 Å². The van der Waals surface area contributed by atoms with E-state index >= 15 is 0 Å². The number of hydrogen-bond acceptors (Lipinski definition) is 13. The quantitative estimate of drug-likeness (QED) is 0.0741. The van der Waals surface area contributed by atoms with Crippen molar-refractivity contribution in [2.75, 3.05) is 35.8 Å². The maximum atomic E-state index is 11.2. The normalized spacial score (nSPS) is 11.7. The SMILES string of the molecule is COc1ccc(N)cc1.Nc1cc2c(O)c(N)c(S(=O)(=O)O)cc2cc1S(=O)(=O)O.Nc1ccc(N)c2cc(S(=O)(=O)O)ccc12. The lowest BCUT2D eigenvalue weighted by Crippen LogP contribution is -2.06. The Kier molecular flexibility index (Phi) is 10.1. The number of anilines is 5. The van der Waals surface area contributed by atoms with Gasteiger partial charge in [-0.3, -0.25) is 13.7 Å². The average Bonchev–Trinajstić information content (AvgIpc) is 2.96. The molecule has 0 fully saturated rings. The Morgan fingerprint density at radius 1 is 0.565 bits per heavy atom. The molecule has 0 aliphatic carbocycles. The van der Waals surface area contributed by atoms with Gasteiger partial charge in [0.05, 0.1) is 23.4 Å². The number of hydrogen-bond donors (Lipinski definition) is 9. The molecule has 0 aromatic heterocycles. The van der Waals surface area contributed by atoms with Gasteiger partial charge in [-0.15, -0.1) is 0 Å². The summed E-state index contributed by atoms with van der Waals surface area (Å²) in [4.78, 5) is -1.66. The monoisotopic (exact) mass is 695 g/mol. The highest BCUT2D eigenvalue weighted by atomic mass is 32.2. The van der Waals surface area contributed by atoms with Crippen LogP contribution in [0.15, 0.2) is 87.5 Å². The number of phenolic OH excluding ortho intramolecular Hbond substituents is 1. The maximum absolute atomic E-state index is 11.2. The first-order valence-electron chi connectivity index (χ1n) is 12.4. The van der Waals surface area contributed by atoms with E-state index in [1.54, 1.807) is 31.4 Å². The smallest absolute Gasteiger partial charge is 0.296 e. The molecule has 0 radical (unpaired) electrons. The second-order valence-corrected chi connectivity index (χ2v) is 13.6. The summed E-state index contributed by atoms with van der Waals surface area (Å²) in [7, 11) is -12.0. The van der Waals surface area contributed by atoms with Crippen molar-refractivity contribution in [1.82, 2.24) is 0 Å². The van der Waals surface area contributed by atoms with Crippen LogP contribution in [0, 0.1) is 0 Å². The van der Waals surface area contributed by atoms with Crippen molar-refractivity contribution < 1.29 is 48.8 Å². The Hall–Kier alpha value is -5.05. The van der Waals surface area contributed by atoms with Gasteiger partial charge in [0.25, 0.3) is 30.4 Å². The number of methoxy groups -OCH3 is 1. The van der Waals surface area contributed by atoms with Crippen LogP contribution in [0.4, 0.5) is 28.4 Å². The van der Waals surface area contributed by atoms with Crippen LogP contribution >= 0.6 is 0 Å². The van der Waals surface area contributed by atoms with Crippen molar-refractivity contribution in [2.45, 2.75) is 14.7 Å². The first kappa shape index (κ1) is 35.4. The predicted molar refractivity (Wildman–Crippen MR) is 174 cm³/mol. The van der Waals surface area contributed by atoms with Crippen molar-refractivity contribution in [3.8, 4) is 11.5 Å². The summed E-state index contributed by atoms with van der Waals surface area (Å²) < 4.78 is 98.4. The molecule has 16 nitrogen and oxygen atoms in total. The summed E-state index contributed by atoms with van der Waals surface area (Å²) in [6.45, 7) is 0. The van der Waals surface area contributed by atoms with Crippen molar-refractivity contribution in [2.24, 2.45) is 0 Å². The molecule has 5 rings (SSSR count). The average molecular weight is 696 g/mol. The molecular formula is C27H29N5O11S3. The van der Waals surface area contributed by atoms with Gasteiger partial charge in [0.2, 0.25) is 0 Å². The Balaban J connectivity index is 0.000000203. The summed E-state index contributed by atoms with van der Waals surface area (Å²) in [6, 6.07) is 17.3. The Labute approximate surface area is 263 Å². The van der Waals surface area contributed by atoms with Crippen LogP contribution in [0.2, 0.25) is 0 Å². The van der Waals surface area contributed by atoms with Gasteiger partial charge in [-0.1, -0.05) is 6.07 Å². The van der Waals surface area contributed by atoms with Crippen molar-refractivity contribution in [3.63, 3.8) is 0 Å².